The second-order valence-electron chi connectivity index (χ2n) is 2.39. The molecule has 2 nitrogen and oxygen atoms in total. The Labute approximate surface area is 73.6 Å². The maximum atomic E-state index is 4.14. The summed E-state index contributed by atoms with van der Waals surface area (Å²) in [4.78, 5) is 0. The van der Waals surface area contributed by atoms with Crippen LogP contribution in [0.2, 0.25) is 0 Å². The number of hydrogen-bond donors (Lipinski definition) is 1. The van der Waals surface area contributed by atoms with E-state index in [-0.39, 0.29) is 4.75 Å². The van der Waals surface area contributed by atoms with Crippen molar-refractivity contribution in [1.82, 2.24) is 8.75 Å². The van der Waals surface area contributed by atoms with Crippen LogP contribution in [-0.4, -0.2) is 8.75 Å². The molecule has 0 fully saturated rings. The zero-order valence-corrected chi connectivity index (χ0v) is 8.26. The van der Waals surface area contributed by atoms with Crippen LogP contribution in [0.5, 0.6) is 0 Å². The quantitative estimate of drug-likeness (QED) is 0.575. The van der Waals surface area contributed by atoms with Crippen LogP contribution in [0.1, 0.15) is 19.5 Å². The predicted octanol–water partition coefficient (Wildman–Crippen LogP) is 2.35. The first-order valence-electron chi connectivity index (χ1n) is 2.77. The van der Waals surface area contributed by atoms with Crippen molar-refractivity contribution in [3.05, 3.63) is 11.9 Å². The van der Waals surface area contributed by atoms with Crippen molar-refractivity contribution in [3.63, 3.8) is 0 Å². The molecule has 0 unspecified atom stereocenters. The first kappa shape index (κ1) is 8.36. The van der Waals surface area contributed by atoms with Crippen LogP contribution in [0, 0.1) is 0 Å². The van der Waals surface area contributed by atoms with E-state index in [1.165, 1.54) is 22.5 Å². The van der Waals surface area contributed by atoms with Gasteiger partial charge in [-0.3, -0.25) is 0 Å². The second kappa shape index (κ2) is 3.11. The molecule has 0 aliphatic heterocycles. The summed E-state index contributed by atoms with van der Waals surface area (Å²) >= 11 is 5.38. The Hall–Kier alpha value is 0.260. The van der Waals surface area contributed by atoms with E-state index in [9.17, 15) is 0 Å². The molecule has 1 rings (SSSR count). The van der Waals surface area contributed by atoms with E-state index < -0.39 is 0 Å². The zero-order valence-electron chi connectivity index (χ0n) is 5.74. The SMILES string of the molecule is CC(C)(SS)c1cnsn1. The van der Waals surface area contributed by atoms with E-state index in [2.05, 4.69) is 34.3 Å². The van der Waals surface area contributed by atoms with Crippen LogP contribution in [0.25, 0.3) is 0 Å². The molecule has 0 spiro atoms. The fourth-order valence-electron chi connectivity index (χ4n) is 0.477. The van der Waals surface area contributed by atoms with Gasteiger partial charge >= 0.3 is 0 Å². The average molecular weight is 192 g/mol. The molecule has 1 aromatic heterocycles. The summed E-state index contributed by atoms with van der Waals surface area (Å²) in [5.41, 5.74) is 0.998. The zero-order chi connectivity index (χ0) is 7.61. The topological polar surface area (TPSA) is 25.8 Å². The fourth-order valence-corrected chi connectivity index (χ4v) is 1.56. The molecule has 1 aromatic rings. The number of nitrogens with zero attached hydrogens (tertiary/aromatic N) is 2. The Kier molecular flexibility index (Phi) is 2.60. The largest absolute Gasteiger partial charge is 0.181 e. The van der Waals surface area contributed by atoms with Gasteiger partial charge in [-0.2, -0.15) is 8.75 Å². The van der Waals surface area contributed by atoms with Crippen LogP contribution in [0.3, 0.4) is 0 Å². The summed E-state index contributed by atoms with van der Waals surface area (Å²) in [5.74, 6) is 0. The third-order valence-electron chi connectivity index (χ3n) is 1.21. The second-order valence-corrected chi connectivity index (χ2v) is 4.70. The van der Waals surface area contributed by atoms with Crippen molar-refractivity contribution in [3.8, 4) is 0 Å². The van der Waals surface area contributed by atoms with Gasteiger partial charge in [-0.05, 0) is 13.8 Å². The lowest BCUT2D eigenvalue weighted by Gasteiger charge is -2.16. The van der Waals surface area contributed by atoms with E-state index in [0.29, 0.717) is 0 Å². The Morgan fingerprint density at radius 1 is 1.70 bits per heavy atom. The molecular weight excluding hydrogens is 184 g/mol. The van der Waals surface area contributed by atoms with E-state index in [0.717, 1.165) is 5.69 Å². The molecule has 0 saturated carbocycles. The van der Waals surface area contributed by atoms with Crippen molar-refractivity contribution in [1.29, 1.82) is 0 Å². The molecule has 10 heavy (non-hydrogen) atoms. The van der Waals surface area contributed by atoms with Gasteiger partial charge in [-0.1, -0.05) is 10.8 Å². The van der Waals surface area contributed by atoms with E-state index in [1.807, 2.05) is 0 Å². The lowest BCUT2D eigenvalue weighted by molar-refractivity contribution is 0.765. The molecule has 0 aromatic carbocycles. The predicted molar refractivity (Wildman–Crippen MR) is 49.5 cm³/mol. The third-order valence-corrected chi connectivity index (χ3v) is 3.72. The summed E-state index contributed by atoms with van der Waals surface area (Å²) in [5, 5.41) is 0. The maximum absolute atomic E-state index is 4.14. The van der Waals surface area contributed by atoms with Crippen molar-refractivity contribution < 1.29 is 0 Å². The summed E-state index contributed by atoms with van der Waals surface area (Å²) < 4.78 is 8.02. The Morgan fingerprint density at radius 3 is 2.80 bits per heavy atom. The van der Waals surface area contributed by atoms with Crippen molar-refractivity contribution >= 4 is 34.2 Å². The average Bonchev–Trinajstić information content (AvgIpc) is 2.38. The van der Waals surface area contributed by atoms with Gasteiger partial charge in [-0.15, -0.1) is 11.7 Å². The van der Waals surface area contributed by atoms with Crippen molar-refractivity contribution in [2.45, 2.75) is 18.6 Å². The highest BCUT2D eigenvalue weighted by molar-refractivity contribution is 8.68. The number of aromatic nitrogens is 2. The number of rotatable bonds is 2. The Balaban J connectivity index is 2.85. The van der Waals surface area contributed by atoms with E-state index in [4.69, 9.17) is 0 Å². The molecule has 0 bridgehead atoms. The van der Waals surface area contributed by atoms with Crippen LogP contribution in [0.15, 0.2) is 6.20 Å². The monoisotopic (exact) mass is 192 g/mol. The van der Waals surface area contributed by atoms with Gasteiger partial charge in [0.25, 0.3) is 0 Å². The Bertz CT molecular complexity index is 195. The van der Waals surface area contributed by atoms with Crippen LogP contribution >= 0.6 is 34.2 Å². The van der Waals surface area contributed by atoms with E-state index in [1.54, 1.807) is 6.20 Å². The van der Waals surface area contributed by atoms with Crippen LogP contribution in [-0.2, 0) is 4.75 Å². The molecule has 0 amide bonds. The van der Waals surface area contributed by atoms with Gasteiger partial charge in [0, 0.05) is 0 Å². The molecule has 0 N–H and O–H groups in total. The van der Waals surface area contributed by atoms with Gasteiger partial charge in [-0.25, -0.2) is 0 Å². The molecule has 0 atom stereocenters. The highest BCUT2D eigenvalue weighted by Gasteiger charge is 2.22. The molecule has 1 heterocycles. The molecule has 0 radical (unpaired) electrons. The minimum atomic E-state index is -0.0177. The lowest BCUT2D eigenvalue weighted by Crippen LogP contribution is -2.09. The molecule has 0 aliphatic carbocycles. The molecule has 0 aliphatic rings. The van der Waals surface area contributed by atoms with Crippen LogP contribution < -0.4 is 0 Å². The van der Waals surface area contributed by atoms with Gasteiger partial charge in [0.05, 0.1) is 28.4 Å². The van der Waals surface area contributed by atoms with Gasteiger partial charge in [0.15, 0.2) is 0 Å². The highest BCUT2D eigenvalue weighted by Crippen LogP contribution is 2.36. The van der Waals surface area contributed by atoms with E-state index >= 15 is 0 Å². The third kappa shape index (κ3) is 1.65. The maximum Gasteiger partial charge on any atom is 0.0906 e. The van der Waals surface area contributed by atoms with Crippen molar-refractivity contribution in [2.24, 2.45) is 0 Å². The summed E-state index contributed by atoms with van der Waals surface area (Å²) in [6.07, 6.45) is 1.79. The smallest absolute Gasteiger partial charge is 0.0906 e. The fraction of sp³-hybridized carbons (Fsp3) is 0.600. The van der Waals surface area contributed by atoms with Gasteiger partial charge in [0.2, 0.25) is 0 Å². The lowest BCUT2D eigenvalue weighted by atomic mass is 10.1. The van der Waals surface area contributed by atoms with Crippen molar-refractivity contribution in [2.75, 3.05) is 0 Å². The molecule has 56 valence electrons. The highest BCUT2D eigenvalue weighted by atomic mass is 33.1. The normalized spacial score (nSPS) is 11.9. The molecular formula is C5H8N2S3. The minimum Gasteiger partial charge on any atom is -0.181 e. The summed E-state index contributed by atoms with van der Waals surface area (Å²) in [7, 11) is 1.48. The number of thiol groups is 1. The minimum absolute atomic E-state index is 0.0177. The Morgan fingerprint density at radius 2 is 2.40 bits per heavy atom. The summed E-state index contributed by atoms with van der Waals surface area (Å²) in [6.45, 7) is 4.14. The standard InChI is InChI=1S/C5H8N2S3/c1-5(2,9-8)4-3-6-10-7-4/h3,8H,1-2H3. The van der Waals surface area contributed by atoms with Gasteiger partial charge < -0.3 is 0 Å². The van der Waals surface area contributed by atoms with Gasteiger partial charge in [0.1, 0.15) is 0 Å². The molecule has 5 heteroatoms. The molecule has 0 saturated heterocycles. The van der Waals surface area contributed by atoms with Crippen LogP contribution in [0.4, 0.5) is 0 Å². The number of hydrogen-bond acceptors (Lipinski definition) is 5. The summed E-state index contributed by atoms with van der Waals surface area (Å²) in [6, 6.07) is 0. The first-order valence-corrected chi connectivity index (χ1v) is 5.37. The first-order chi connectivity index (χ1) is 4.67.